The second-order valence-electron chi connectivity index (χ2n) is 4.20. The lowest BCUT2D eigenvalue weighted by molar-refractivity contribution is -0.191. The molecule has 0 fully saturated rings. The minimum absolute atomic E-state index is 0.250. The fourth-order valence-corrected chi connectivity index (χ4v) is 1.82. The fraction of sp³-hybridized carbons (Fsp3) is 0.250. The predicted molar refractivity (Wildman–Crippen MR) is 82.7 cm³/mol. The molecule has 0 radical (unpaired) electrons. The van der Waals surface area contributed by atoms with Gasteiger partial charge in [0.2, 0.25) is 0 Å². The Bertz CT molecular complexity index is 655. The molecule has 7 heteroatoms. The number of aromatic nitrogens is 1. The van der Waals surface area contributed by atoms with E-state index in [1.165, 1.54) is 0 Å². The van der Waals surface area contributed by atoms with Crippen molar-refractivity contribution in [2.24, 2.45) is 0 Å². The highest BCUT2D eigenvalue weighted by Crippen LogP contribution is 2.25. The summed E-state index contributed by atoms with van der Waals surface area (Å²) in [6.07, 6.45) is 1.95. The average Bonchev–Trinajstić information content (AvgIpc) is 2.60. The van der Waals surface area contributed by atoms with Gasteiger partial charge in [-0.2, -0.15) is 9.59 Å². The standard InChI is InChI=1S/C15H18N2O3.CO2/c1-18-12-5-4-11(14(8-12)20-3)10-17-15-9-13(19-2)6-7-16-15;2-1-3/h4-9H,10H2,1-3H3,(H,16,17);. The smallest absolute Gasteiger partial charge is 0.373 e. The summed E-state index contributed by atoms with van der Waals surface area (Å²) in [7, 11) is 4.90. The third kappa shape index (κ3) is 5.68. The molecule has 1 heterocycles. The van der Waals surface area contributed by atoms with E-state index in [2.05, 4.69) is 10.3 Å². The van der Waals surface area contributed by atoms with Gasteiger partial charge in [0, 0.05) is 30.4 Å². The molecule has 0 spiro atoms. The number of methoxy groups -OCH3 is 3. The zero-order chi connectivity index (χ0) is 17.1. The predicted octanol–water partition coefficient (Wildman–Crippen LogP) is 2.14. The largest absolute Gasteiger partial charge is 0.497 e. The second-order valence-corrected chi connectivity index (χ2v) is 4.20. The van der Waals surface area contributed by atoms with Crippen LogP contribution in [-0.4, -0.2) is 32.5 Å². The molecule has 0 bridgehead atoms. The van der Waals surface area contributed by atoms with Crippen LogP contribution < -0.4 is 19.5 Å². The van der Waals surface area contributed by atoms with Crippen LogP contribution in [0.25, 0.3) is 0 Å². The Labute approximate surface area is 134 Å². The topological polar surface area (TPSA) is 86.8 Å². The molecule has 23 heavy (non-hydrogen) atoms. The van der Waals surface area contributed by atoms with Crippen LogP contribution >= 0.6 is 0 Å². The first-order valence-corrected chi connectivity index (χ1v) is 6.62. The summed E-state index contributed by atoms with van der Waals surface area (Å²) < 4.78 is 15.7. The van der Waals surface area contributed by atoms with E-state index in [1.807, 2.05) is 24.3 Å². The summed E-state index contributed by atoms with van der Waals surface area (Å²) >= 11 is 0. The number of benzene rings is 1. The van der Waals surface area contributed by atoms with Crippen molar-refractivity contribution in [3.63, 3.8) is 0 Å². The van der Waals surface area contributed by atoms with Crippen molar-refractivity contribution in [3.05, 3.63) is 42.1 Å². The monoisotopic (exact) mass is 318 g/mol. The van der Waals surface area contributed by atoms with Gasteiger partial charge in [0.05, 0.1) is 21.3 Å². The molecule has 7 nitrogen and oxygen atoms in total. The lowest BCUT2D eigenvalue weighted by Crippen LogP contribution is -2.03. The molecule has 122 valence electrons. The van der Waals surface area contributed by atoms with Crippen molar-refractivity contribution in [2.45, 2.75) is 6.54 Å². The Morgan fingerprint density at radius 3 is 2.26 bits per heavy atom. The summed E-state index contributed by atoms with van der Waals surface area (Å²) in [6, 6.07) is 9.37. The van der Waals surface area contributed by atoms with Crippen molar-refractivity contribution >= 4 is 12.0 Å². The van der Waals surface area contributed by atoms with Gasteiger partial charge in [0.15, 0.2) is 0 Å². The number of pyridine rings is 1. The first-order valence-electron chi connectivity index (χ1n) is 6.62. The van der Waals surface area contributed by atoms with Crippen molar-refractivity contribution in [3.8, 4) is 17.2 Å². The summed E-state index contributed by atoms with van der Waals surface area (Å²) in [5.74, 6) is 3.07. The number of nitrogens with zero attached hydrogens (tertiary/aromatic N) is 1. The number of ether oxygens (including phenoxy) is 3. The Balaban J connectivity index is 0.000000816. The lowest BCUT2D eigenvalue weighted by Gasteiger charge is -2.12. The van der Waals surface area contributed by atoms with Crippen LogP contribution in [-0.2, 0) is 16.1 Å². The summed E-state index contributed by atoms with van der Waals surface area (Å²) in [6.45, 7) is 0.604. The molecule has 0 saturated carbocycles. The van der Waals surface area contributed by atoms with E-state index in [0.717, 1.165) is 28.6 Å². The number of anilines is 1. The number of rotatable bonds is 6. The highest BCUT2D eigenvalue weighted by Gasteiger charge is 2.05. The minimum atomic E-state index is 0.250. The van der Waals surface area contributed by atoms with Gasteiger partial charge in [0.25, 0.3) is 0 Å². The van der Waals surface area contributed by atoms with Crippen LogP contribution in [0.3, 0.4) is 0 Å². The molecule has 0 aliphatic rings. The van der Waals surface area contributed by atoms with Gasteiger partial charge in [-0.25, -0.2) is 4.98 Å². The van der Waals surface area contributed by atoms with Crippen molar-refractivity contribution in [1.29, 1.82) is 0 Å². The molecule has 2 aromatic rings. The Hall–Kier alpha value is -3.05. The lowest BCUT2D eigenvalue weighted by atomic mass is 10.2. The van der Waals surface area contributed by atoms with E-state index >= 15 is 0 Å². The van der Waals surface area contributed by atoms with E-state index in [4.69, 9.17) is 23.8 Å². The van der Waals surface area contributed by atoms with Gasteiger partial charge in [0.1, 0.15) is 23.1 Å². The van der Waals surface area contributed by atoms with Gasteiger partial charge < -0.3 is 19.5 Å². The van der Waals surface area contributed by atoms with Crippen molar-refractivity contribution < 1.29 is 23.8 Å². The maximum absolute atomic E-state index is 8.12. The van der Waals surface area contributed by atoms with Gasteiger partial charge in [-0.15, -0.1) is 0 Å². The third-order valence-electron chi connectivity index (χ3n) is 2.92. The maximum Gasteiger partial charge on any atom is 0.373 e. The van der Waals surface area contributed by atoms with Crippen LogP contribution in [0.1, 0.15) is 5.56 Å². The molecule has 1 aromatic heterocycles. The van der Waals surface area contributed by atoms with Gasteiger partial charge in [-0.3, -0.25) is 0 Å². The van der Waals surface area contributed by atoms with Gasteiger partial charge in [-0.1, -0.05) is 0 Å². The number of carbonyl (C=O) groups excluding carboxylic acids is 2. The van der Waals surface area contributed by atoms with Gasteiger partial charge in [-0.05, 0) is 18.2 Å². The average molecular weight is 318 g/mol. The number of hydrogen-bond donors (Lipinski definition) is 1. The van der Waals surface area contributed by atoms with Crippen LogP contribution in [0, 0.1) is 0 Å². The summed E-state index contributed by atoms with van der Waals surface area (Å²) in [5.41, 5.74) is 1.03. The van der Waals surface area contributed by atoms with Crippen LogP contribution in [0.15, 0.2) is 36.5 Å². The van der Waals surface area contributed by atoms with Crippen LogP contribution in [0.2, 0.25) is 0 Å². The molecule has 0 atom stereocenters. The Morgan fingerprint density at radius 2 is 1.65 bits per heavy atom. The highest BCUT2D eigenvalue weighted by atomic mass is 16.5. The first kappa shape index (κ1) is 18.0. The van der Waals surface area contributed by atoms with E-state index in [1.54, 1.807) is 33.6 Å². The molecule has 0 amide bonds. The van der Waals surface area contributed by atoms with E-state index < -0.39 is 0 Å². The fourth-order valence-electron chi connectivity index (χ4n) is 1.82. The van der Waals surface area contributed by atoms with Gasteiger partial charge >= 0.3 is 6.15 Å². The Kier molecular flexibility index (Phi) is 7.68. The highest BCUT2D eigenvalue weighted by molar-refractivity contribution is 5.45. The molecular formula is C16H18N2O5. The first-order chi connectivity index (χ1) is 11.2. The molecule has 1 N–H and O–H groups in total. The summed E-state index contributed by atoms with van der Waals surface area (Å²) in [5, 5.41) is 3.24. The molecule has 0 aliphatic carbocycles. The quantitative estimate of drug-likeness (QED) is 0.873. The molecule has 0 saturated heterocycles. The zero-order valence-electron chi connectivity index (χ0n) is 13.2. The van der Waals surface area contributed by atoms with E-state index in [9.17, 15) is 0 Å². The molecule has 1 aromatic carbocycles. The molecule has 0 unspecified atom stereocenters. The summed E-state index contributed by atoms with van der Waals surface area (Å²) in [4.78, 5) is 20.5. The molecule has 0 aliphatic heterocycles. The SMILES string of the molecule is COc1ccnc(NCc2ccc(OC)cc2OC)c1.O=C=O. The third-order valence-corrected chi connectivity index (χ3v) is 2.92. The molecular weight excluding hydrogens is 300 g/mol. The zero-order valence-corrected chi connectivity index (χ0v) is 13.2. The van der Waals surface area contributed by atoms with Crippen LogP contribution in [0.5, 0.6) is 17.2 Å². The van der Waals surface area contributed by atoms with Crippen molar-refractivity contribution in [1.82, 2.24) is 4.98 Å². The minimum Gasteiger partial charge on any atom is -0.497 e. The van der Waals surface area contributed by atoms with E-state index in [0.29, 0.717) is 6.54 Å². The number of nitrogens with one attached hydrogen (secondary N) is 1. The normalized spacial score (nSPS) is 9.00. The number of hydrogen-bond acceptors (Lipinski definition) is 7. The molecule has 2 rings (SSSR count). The van der Waals surface area contributed by atoms with E-state index in [-0.39, 0.29) is 6.15 Å². The van der Waals surface area contributed by atoms with Crippen LogP contribution in [0.4, 0.5) is 5.82 Å². The Morgan fingerprint density at radius 1 is 1.00 bits per heavy atom. The second kappa shape index (κ2) is 9.81. The maximum atomic E-state index is 8.12. The van der Waals surface area contributed by atoms with Crippen molar-refractivity contribution in [2.75, 3.05) is 26.6 Å².